The molecule has 0 heterocycles. The minimum Gasteiger partial charge on any atom is -0.365 e. The first-order chi connectivity index (χ1) is 4.33. The maximum Gasteiger partial charge on any atom is 0.527 e. The summed E-state index contributed by atoms with van der Waals surface area (Å²) < 4.78 is 13.2. The van der Waals surface area contributed by atoms with E-state index in [1.807, 2.05) is 0 Å². The van der Waals surface area contributed by atoms with Gasteiger partial charge in [0.05, 0.1) is 0 Å². The van der Waals surface area contributed by atoms with E-state index in [1.165, 1.54) is 0 Å². The van der Waals surface area contributed by atoms with E-state index in [0.717, 1.165) is 6.92 Å². The average molecular weight is 168 g/mol. The molecular weight excluding hydrogens is 163 g/mol. The molecule has 0 rings (SSSR count). The summed E-state index contributed by atoms with van der Waals surface area (Å²) in [6.07, 6.45) is 0. The molecule has 0 amide bonds. The maximum absolute atomic E-state index is 10.1. The van der Waals surface area contributed by atoms with Crippen molar-refractivity contribution >= 4 is 19.6 Å². The summed E-state index contributed by atoms with van der Waals surface area (Å²) in [5, 5.41) is 0. The fourth-order valence-corrected chi connectivity index (χ4v) is 0.517. The van der Waals surface area contributed by atoms with Crippen LogP contribution in [-0.2, 0) is 18.7 Å². The minimum absolute atomic E-state index is 0.845. The molecule has 0 unspecified atom stereocenters. The number of Topliss-reactive ketones (excluding diaryl/α,β-unsaturated/α-hetero) is 1. The van der Waals surface area contributed by atoms with Gasteiger partial charge in [-0.2, -0.15) is 0 Å². The molecule has 0 aliphatic rings. The number of carbonyl (C=O) groups excluding carboxylic acids is 2. The Balaban J connectivity index is 4.07. The lowest BCUT2D eigenvalue weighted by atomic mass is 10.5. The third kappa shape index (κ3) is 4.20. The maximum atomic E-state index is 10.1. The van der Waals surface area contributed by atoms with Crippen LogP contribution in [0, 0.1) is 0 Å². The van der Waals surface area contributed by atoms with E-state index in [4.69, 9.17) is 9.79 Å². The summed E-state index contributed by atoms with van der Waals surface area (Å²) in [5.74, 6) is -2.59. The van der Waals surface area contributed by atoms with Crippen LogP contribution in [0.3, 0.4) is 0 Å². The summed E-state index contributed by atoms with van der Waals surface area (Å²) in [6, 6.07) is 0. The largest absolute Gasteiger partial charge is 0.527 e. The van der Waals surface area contributed by atoms with Gasteiger partial charge in [0.1, 0.15) is 0 Å². The quantitative estimate of drug-likeness (QED) is 0.414. The first-order valence-corrected chi connectivity index (χ1v) is 3.66. The van der Waals surface area contributed by atoms with Crippen LogP contribution in [0.1, 0.15) is 6.92 Å². The summed E-state index contributed by atoms with van der Waals surface area (Å²) in [4.78, 5) is 36.0. The first kappa shape index (κ1) is 9.29. The lowest BCUT2D eigenvalue weighted by molar-refractivity contribution is -0.147. The van der Waals surface area contributed by atoms with E-state index in [9.17, 15) is 14.2 Å². The molecule has 0 aromatic rings. The molecule has 6 nitrogen and oxygen atoms in total. The first-order valence-electron chi connectivity index (χ1n) is 2.13. The van der Waals surface area contributed by atoms with Gasteiger partial charge in [0.15, 0.2) is 0 Å². The van der Waals surface area contributed by atoms with Crippen molar-refractivity contribution in [1.82, 2.24) is 0 Å². The zero-order chi connectivity index (χ0) is 8.36. The molecule has 0 saturated heterocycles. The van der Waals surface area contributed by atoms with Crippen molar-refractivity contribution < 1.29 is 28.5 Å². The Morgan fingerprint density at radius 2 is 1.80 bits per heavy atom. The minimum atomic E-state index is -4.85. The number of rotatable bonds is 2. The third-order valence-corrected chi connectivity index (χ3v) is 0.893. The molecule has 0 aromatic carbocycles. The number of hydrogen-bond donors (Lipinski definition) is 2. The van der Waals surface area contributed by atoms with E-state index < -0.39 is 19.6 Å². The van der Waals surface area contributed by atoms with Crippen molar-refractivity contribution in [2.24, 2.45) is 0 Å². The average Bonchev–Trinajstić information content (AvgIpc) is 1.60. The molecule has 7 heteroatoms. The normalized spacial score (nSPS) is 10.7. The molecule has 0 atom stereocenters. The molecule has 0 aromatic heterocycles. The van der Waals surface area contributed by atoms with Gasteiger partial charge in [0.2, 0.25) is 5.78 Å². The molecule has 0 radical (unpaired) electrons. The molecule has 0 spiro atoms. The third-order valence-electron chi connectivity index (χ3n) is 0.489. The number of phosphoric ester groups is 1. The van der Waals surface area contributed by atoms with Gasteiger partial charge in [-0.25, -0.2) is 9.36 Å². The van der Waals surface area contributed by atoms with Crippen LogP contribution in [-0.4, -0.2) is 21.5 Å². The van der Waals surface area contributed by atoms with Crippen LogP contribution >= 0.6 is 7.82 Å². The van der Waals surface area contributed by atoms with Crippen LogP contribution < -0.4 is 0 Å². The summed E-state index contributed by atoms with van der Waals surface area (Å²) >= 11 is 0. The van der Waals surface area contributed by atoms with Gasteiger partial charge in [0.25, 0.3) is 0 Å². The topological polar surface area (TPSA) is 101 Å². The van der Waals surface area contributed by atoms with Crippen LogP contribution in [0.5, 0.6) is 0 Å². The van der Waals surface area contributed by atoms with Gasteiger partial charge in [-0.1, -0.05) is 0 Å². The summed E-state index contributed by atoms with van der Waals surface area (Å²) in [5.41, 5.74) is 0. The number of hydrogen-bond acceptors (Lipinski definition) is 4. The highest BCUT2D eigenvalue weighted by atomic mass is 31.2. The monoisotopic (exact) mass is 168 g/mol. The van der Waals surface area contributed by atoms with Gasteiger partial charge in [0, 0.05) is 6.92 Å². The molecular formula is C3H5O6P. The number of phosphoric acid groups is 1. The van der Waals surface area contributed by atoms with Crippen LogP contribution in [0.4, 0.5) is 0 Å². The molecule has 0 saturated carbocycles. The van der Waals surface area contributed by atoms with Crippen molar-refractivity contribution in [3.63, 3.8) is 0 Å². The van der Waals surface area contributed by atoms with Crippen LogP contribution in [0.25, 0.3) is 0 Å². The highest BCUT2D eigenvalue weighted by Gasteiger charge is 2.22. The van der Waals surface area contributed by atoms with Crippen molar-refractivity contribution in [3.8, 4) is 0 Å². The van der Waals surface area contributed by atoms with Crippen LogP contribution in [0.15, 0.2) is 0 Å². The van der Waals surface area contributed by atoms with Crippen molar-refractivity contribution in [2.75, 3.05) is 0 Å². The standard InChI is InChI=1S/C3H5O6P/c1-2(4)3(5)9-10(6,7)8/h1H3,(H2,6,7,8). The lowest BCUT2D eigenvalue weighted by Gasteiger charge is -2.00. The molecule has 0 bridgehead atoms. The highest BCUT2D eigenvalue weighted by Crippen LogP contribution is 2.35. The summed E-state index contributed by atoms with van der Waals surface area (Å²) in [7, 11) is -4.85. The molecule has 0 fully saturated rings. The zero-order valence-electron chi connectivity index (χ0n) is 4.97. The second-order valence-electron chi connectivity index (χ2n) is 1.43. The van der Waals surface area contributed by atoms with Crippen molar-refractivity contribution in [1.29, 1.82) is 0 Å². The molecule has 58 valence electrons. The summed E-state index contributed by atoms with van der Waals surface area (Å²) in [6.45, 7) is 0.845. The SMILES string of the molecule is CC(=O)C(=O)OP(=O)(O)O. The highest BCUT2D eigenvalue weighted by molar-refractivity contribution is 7.47. The van der Waals surface area contributed by atoms with E-state index >= 15 is 0 Å². The van der Waals surface area contributed by atoms with Gasteiger partial charge in [-0.3, -0.25) is 14.6 Å². The fourth-order valence-electron chi connectivity index (χ4n) is 0.172. The van der Waals surface area contributed by atoms with Crippen molar-refractivity contribution in [3.05, 3.63) is 0 Å². The second-order valence-corrected chi connectivity index (χ2v) is 2.59. The molecule has 10 heavy (non-hydrogen) atoms. The lowest BCUT2D eigenvalue weighted by Crippen LogP contribution is -2.11. The van der Waals surface area contributed by atoms with Crippen molar-refractivity contribution in [2.45, 2.75) is 6.92 Å². The van der Waals surface area contributed by atoms with E-state index in [1.54, 1.807) is 0 Å². The second kappa shape index (κ2) is 2.92. The number of ketones is 1. The van der Waals surface area contributed by atoms with Gasteiger partial charge in [-0.15, -0.1) is 0 Å². The molecule has 0 aliphatic carbocycles. The van der Waals surface area contributed by atoms with Gasteiger partial charge >= 0.3 is 13.8 Å². The zero-order valence-corrected chi connectivity index (χ0v) is 5.87. The molecule has 2 N–H and O–H groups in total. The van der Waals surface area contributed by atoms with Gasteiger partial charge < -0.3 is 4.52 Å². The number of carbonyl (C=O) groups is 2. The predicted octanol–water partition coefficient (Wildman–Crippen LogP) is -0.789. The Morgan fingerprint density at radius 3 is 1.90 bits per heavy atom. The van der Waals surface area contributed by atoms with Crippen LogP contribution in [0.2, 0.25) is 0 Å². The smallest absolute Gasteiger partial charge is 0.365 e. The Morgan fingerprint density at radius 1 is 1.40 bits per heavy atom. The Labute approximate surface area is 56.0 Å². The molecule has 0 aliphatic heterocycles. The fraction of sp³-hybridized carbons (Fsp3) is 0.333. The van der Waals surface area contributed by atoms with E-state index in [-0.39, 0.29) is 0 Å². The Bertz CT molecular complexity index is 201. The Kier molecular flexibility index (Phi) is 2.71. The van der Waals surface area contributed by atoms with E-state index in [0.29, 0.717) is 0 Å². The van der Waals surface area contributed by atoms with Gasteiger partial charge in [-0.05, 0) is 0 Å². The van der Waals surface area contributed by atoms with E-state index in [2.05, 4.69) is 4.52 Å². The Hall–Kier alpha value is -0.710. The predicted molar refractivity (Wildman–Crippen MR) is 28.8 cm³/mol.